The standard InChI is InChI=1S/C18H31ClO/c19-18(20)16-10-8-6-4-2-1-3-5-7-9-13-17-14-11-12-15-17/h11,14,17H,1-10,12-13,15-16H2/t17-/m0/s1. The molecule has 0 aromatic heterocycles. The number of rotatable bonds is 13. The van der Waals surface area contributed by atoms with E-state index in [4.69, 9.17) is 11.6 Å². The molecule has 2 heteroatoms. The molecule has 0 N–H and O–H groups in total. The van der Waals surface area contributed by atoms with E-state index in [1.165, 1.54) is 70.6 Å². The predicted octanol–water partition coefficient (Wildman–Crippen LogP) is 6.40. The minimum Gasteiger partial charge on any atom is -0.281 e. The molecule has 0 bridgehead atoms. The normalized spacial score (nSPS) is 17.8. The highest BCUT2D eigenvalue weighted by Gasteiger charge is 2.07. The largest absolute Gasteiger partial charge is 0.281 e. The molecule has 20 heavy (non-hydrogen) atoms. The molecule has 0 amide bonds. The minimum absolute atomic E-state index is 0.182. The van der Waals surface area contributed by atoms with Crippen LogP contribution in [0.5, 0.6) is 0 Å². The van der Waals surface area contributed by atoms with Crippen molar-refractivity contribution in [3.63, 3.8) is 0 Å². The molecule has 0 radical (unpaired) electrons. The summed E-state index contributed by atoms with van der Waals surface area (Å²) in [4.78, 5) is 10.5. The molecule has 0 aromatic carbocycles. The van der Waals surface area contributed by atoms with E-state index in [2.05, 4.69) is 12.2 Å². The lowest BCUT2D eigenvalue weighted by molar-refractivity contribution is -0.111. The summed E-state index contributed by atoms with van der Waals surface area (Å²) >= 11 is 5.30. The van der Waals surface area contributed by atoms with E-state index < -0.39 is 0 Å². The molecule has 0 aromatic rings. The van der Waals surface area contributed by atoms with Gasteiger partial charge in [-0.1, -0.05) is 69.9 Å². The van der Waals surface area contributed by atoms with Gasteiger partial charge in [-0.15, -0.1) is 0 Å². The van der Waals surface area contributed by atoms with Crippen molar-refractivity contribution in [3.05, 3.63) is 12.2 Å². The van der Waals surface area contributed by atoms with Crippen LogP contribution in [0.1, 0.15) is 89.9 Å². The van der Waals surface area contributed by atoms with Crippen LogP contribution in [0.15, 0.2) is 12.2 Å². The summed E-state index contributed by atoms with van der Waals surface area (Å²) in [6.45, 7) is 0. The van der Waals surface area contributed by atoms with Crippen LogP contribution in [0.25, 0.3) is 0 Å². The Morgan fingerprint density at radius 2 is 1.45 bits per heavy atom. The maximum atomic E-state index is 10.5. The molecule has 1 aliphatic carbocycles. The topological polar surface area (TPSA) is 17.1 Å². The summed E-state index contributed by atoms with van der Waals surface area (Å²) in [7, 11) is 0. The first kappa shape index (κ1) is 17.8. The van der Waals surface area contributed by atoms with Gasteiger partial charge in [-0.05, 0) is 43.2 Å². The van der Waals surface area contributed by atoms with Crippen molar-refractivity contribution >= 4 is 16.8 Å². The van der Waals surface area contributed by atoms with Gasteiger partial charge in [0.05, 0.1) is 0 Å². The summed E-state index contributed by atoms with van der Waals surface area (Å²) in [5.41, 5.74) is 0. The third-order valence-corrected chi connectivity index (χ3v) is 4.50. The van der Waals surface area contributed by atoms with Crippen molar-refractivity contribution in [1.82, 2.24) is 0 Å². The van der Waals surface area contributed by atoms with E-state index in [9.17, 15) is 4.79 Å². The first-order valence-electron chi connectivity index (χ1n) is 8.64. The van der Waals surface area contributed by atoms with Crippen molar-refractivity contribution < 1.29 is 4.79 Å². The van der Waals surface area contributed by atoms with Gasteiger partial charge in [0.15, 0.2) is 0 Å². The third-order valence-electron chi connectivity index (χ3n) is 4.31. The lowest BCUT2D eigenvalue weighted by atomic mass is 9.99. The minimum atomic E-state index is -0.182. The van der Waals surface area contributed by atoms with Gasteiger partial charge in [0.25, 0.3) is 0 Å². The molecule has 0 aliphatic heterocycles. The van der Waals surface area contributed by atoms with Crippen LogP contribution < -0.4 is 0 Å². The van der Waals surface area contributed by atoms with Gasteiger partial charge < -0.3 is 0 Å². The fraction of sp³-hybridized carbons (Fsp3) is 0.833. The molecule has 0 unspecified atom stereocenters. The van der Waals surface area contributed by atoms with Gasteiger partial charge in [-0.25, -0.2) is 0 Å². The predicted molar refractivity (Wildman–Crippen MR) is 88.1 cm³/mol. The van der Waals surface area contributed by atoms with E-state index in [1.807, 2.05) is 0 Å². The van der Waals surface area contributed by atoms with Crippen LogP contribution >= 0.6 is 11.6 Å². The van der Waals surface area contributed by atoms with Gasteiger partial charge >= 0.3 is 0 Å². The molecular weight excluding hydrogens is 268 g/mol. The van der Waals surface area contributed by atoms with E-state index in [-0.39, 0.29) is 5.24 Å². The van der Waals surface area contributed by atoms with Crippen molar-refractivity contribution in [1.29, 1.82) is 0 Å². The molecule has 1 atom stereocenters. The van der Waals surface area contributed by atoms with E-state index >= 15 is 0 Å². The van der Waals surface area contributed by atoms with Crippen molar-refractivity contribution in [2.75, 3.05) is 0 Å². The average molecular weight is 299 g/mol. The third kappa shape index (κ3) is 10.5. The molecule has 0 saturated carbocycles. The molecule has 1 rings (SSSR count). The second kappa shape index (κ2) is 12.4. The number of hydrogen-bond donors (Lipinski definition) is 0. The van der Waals surface area contributed by atoms with Gasteiger partial charge in [0.2, 0.25) is 5.24 Å². The van der Waals surface area contributed by atoms with E-state index in [1.54, 1.807) is 0 Å². The summed E-state index contributed by atoms with van der Waals surface area (Å²) in [5, 5.41) is -0.182. The van der Waals surface area contributed by atoms with Crippen LogP contribution in [0.4, 0.5) is 0 Å². The van der Waals surface area contributed by atoms with Gasteiger partial charge in [-0.2, -0.15) is 0 Å². The zero-order chi connectivity index (χ0) is 14.5. The second-order valence-corrected chi connectivity index (χ2v) is 6.62. The van der Waals surface area contributed by atoms with Crippen LogP contribution in [0, 0.1) is 5.92 Å². The van der Waals surface area contributed by atoms with Gasteiger partial charge in [0, 0.05) is 6.42 Å². The quantitative estimate of drug-likeness (QED) is 0.218. The Hall–Kier alpha value is -0.300. The Bertz CT molecular complexity index is 273. The molecular formula is C18H31ClO. The summed E-state index contributed by atoms with van der Waals surface area (Å²) in [6, 6.07) is 0. The Kier molecular flexibility index (Phi) is 11.0. The lowest BCUT2D eigenvalue weighted by Crippen LogP contribution is -1.91. The molecule has 0 saturated heterocycles. The second-order valence-electron chi connectivity index (χ2n) is 6.19. The van der Waals surface area contributed by atoms with E-state index in [0.717, 1.165) is 18.8 Å². The SMILES string of the molecule is O=C(Cl)CCCCCCCCCCCC[C@H]1C=CCC1. The fourth-order valence-electron chi connectivity index (χ4n) is 3.02. The highest BCUT2D eigenvalue weighted by Crippen LogP contribution is 2.23. The highest BCUT2D eigenvalue weighted by atomic mass is 35.5. The number of allylic oxidation sites excluding steroid dienone is 2. The molecule has 0 fully saturated rings. The lowest BCUT2D eigenvalue weighted by Gasteiger charge is -2.06. The summed E-state index contributed by atoms with van der Waals surface area (Å²) in [6.07, 6.45) is 22.5. The molecule has 0 spiro atoms. The first-order chi connectivity index (χ1) is 9.79. The Morgan fingerprint density at radius 1 is 0.900 bits per heavy atom. The Balaban J connectivity index is 1.70. The number of halogens is 1. The van der Waals surface area contributed by atoms with Crippen molar-refractivity contribution in [3.8, 4) is 0 Å². The van der Waals surface area contributed by atoms with Crippen LogP contribution in [0.3, 0.4) is 0 Å². The smallest absolute Gasteiger partial charge is 0.221 e. The van der Waals surface area contributed by atoms with Gasteiger partial charge in [0.1, 0.15) is 0 Å². The summed E-state index contributed by atoms with van der Waals surface area (Å²) < 4.78 is 0. The van der Waals surface area contributed by atoms with Crippen molar-refractivity contribution in [2.24, 2.45) is 5.92 Å². The van der Waals surface area contributed by atoms with Gasteiger partial charge in [-0.3, -0.25) is 4.79 Å². The Labute approximate surface area is 130 Å². The highest BCUT2D eigenvalue weighted by molar-refractivity contribution is 6.63. The van der Waals surface area contributed by atoms with Crippen LogP contribution in [-0.4, -0.2) is 5.24 Å². The molecule has 1 aliphatic rings. The van der Waals surface area contributed by atoms with E-state index in [0.29, 0.717) is 6.42 Å². The number of unbranched alkanes of at least 4 members (excludes halogenated alkanes) is 9. The molecule has 0 heterocycles. The fourth-order valence-corrected chi connectivity index (χ4v) is 3.15. The molecule has 1 nitrogen and oxygen atoms in total. The van der Waals surface area contributed by atoms with Crippen molar-refractivity contribution in [2.45, 2.75) is 89.9 Å². The number of carbonyl (C=O) groups is 1. The average Bonchev–Trinajstić information content (AvgIpc) is 2.93. The maximum absolute atomic E-state index is 10.5. The zero-order valence-corrected chi connectivity index (χ0v) is 13.7. The first-order valence-corrected chi connectivity index (χ1v) is 9.02. The number of hydrogen-bond acceptors (Lipinski definition) is 1. The van der Waals surface area contributed by atoms with Crippen LogP contribution in [0.2, 0.25) is 0 Å². The zero-order valence-electron chi connectivity index (χ0n) is 12.9. The maximum Gasteiger partial charge on any atom is 0.221 e. The monoisotopic (exact) mass is 298 g/mol. The van der Waals surface area contributed by atoms with Crippen LogP contribution in [-0.2, 0) is 4.79 Å². The summed E-state index contributed by atoms with van der Waals surface area (Å²) in [5.74, 6) is 0.898. The Morgan fingerprint density at radius 3 is 1.95 bits per heavy atom. The number of carbonyl (C=O) groups excluding carboxylic acids is 1. The molecule has 116 valence electrons.